The van der Waals surface area contributed by atoms with Crippen LogP contribution in [0.2, 0.25) is 0 Å². The van der Waals surface area contributed by atoms with Crippen LogP contribution in [0.3, 0.4) is 0 Å². The van der Waals surface area contributed by atoms with E-state index in [1.54, 1.807) is 0 Å². The summed E-state index contributed by atoms with van der Waals surface area (Å²) in [4.78, 5) is 12.4. The first-order valence-electron chi connectivity index (χ1n) is 4.81. The minimum Gasteiger partial charge on any atom is -0.481 e. The second kappa shape index (κ2) is 4.95. The van der Waals surface area contributed by atoms with E-state index in [0.29, 0.717) is 13.1 Å². The zero-order valence-corrected chi connectivity index (χ0v) is 8.44. The van der Waals surface area contributed by atoms with E-state index in [1.807, 2.05) is 11.8 Å². The number of aliphatic hydroxyl groups excluding tert-OH is 1. The zero-order chi connectivity index (χ0) is 10.6. The number of carbonyl (C=O) groups is 1. The first kappa shape index (κ1) is 11.0. The summed E-state index contributed by atoms with van der Waals surface area (Å²) in [6.45, 7) is 5.04. The molecule has 1 rings (SSSR count). The molecule has 0 aromatic heterocycles. The molecule has 0 aromatic carbocycles. The molecular formula is C9H17N2O3+. The standard InChI is InChI=1S/C9H16N2O3/c1-8-10(3-2-9(13)14)4-5-11(8)6-7-12/h12H,2-7H2,1H3/p+1. The molecule has 0 aromatic rings. The third-order valence-corrected chi connectivity index (χ3v) is 2.52. The molecule has 1 aliphatic rings. The lowest BCUT2D eigenvalue weighted by Crippen LogP contribution is -2.29. The van der Waals surface area contributed by atoms with Crippen LogP contribution in [-0.2, 0) is 4.79 Å². The lowest BCUT2D eigenvalue weighted by Gasteiger charge is -2.08. The highest BCUT2D eigenvalue weighted by atomic mass is 16.4. The number of hydrogen-bond acceptors (Lipinski definition) is 3. The van der Waals surface area contributed by atoms with Gasteiger partial charge in [-0.25, -0.2) is 0 Å². The summed E-state index contributed by atoms with van der Waals surface area (Å²) < 4.78 is 2.07. The van der Waals surface area contributed by atoms with E-state index in [-0.39, 0.29) is 13.0 Å². The smallest absolute Gasteiger partial charge is 0.307 e. The third kappa shape index (κ3) is 2.70. The van der Waals surface area contributed by atoms with Crippen molar-refractivity contribution in [3.8, 4) is 0 Å². The number of carboxylic acid groups (broad SMARTS) is 1. The number of nitrogens with zero attached hydrogens (tertiary/aromatic N) is 2. The van der Waals surface area contributed by atoms with Gasteiger partial charge in [0.1, 0.15) is 19.6 Å². The van der Waals surface area contributed by atoms with Crippen LogP contribution in [0.25, 0.3) is 0 Å². The third-order valence-electron chi connectivity index (χ3n) is 2.52. The fraction of sp³-hybridized carbons (Fsp3) is 0.778. The van der Waals surface area contributed by atoms with Gasteiger partial charge in [-0.05, 0) is 0 Å². The summed E-state index contributed by atoms with van der Waals surface area (Å²) in [7, 11) is 0. The Morgan fingerprint density at radius 3 is 2.93 bits per heavy atom. The molecule has 5 nitrogen and oxygen atoms in total. The zero-order valence-electron chi connectivity index (χ0n) is 8.44. The Kier molecular flexibility index (Phi) is 3.88. The van der Waals surface area contributed by atoms with Crippen molar-refractivity contribution in [1.82, 2.24) is 4.90 Å². The van der Waals surface area contributed by atoms with Crippen molar-refractivity contribution in [1.29, 1.82) is 0 Å². The quantitative estimate of drug-likeness (QED) is 0.572. The molecule has 0 fully saturated rings. The number of aliphatic carboxylic acids is 1. The van der Waals surface area contributed by atoms with Crippen LogP contribution in [0.1, 0.15) is 13.3 Å². The molecule has 0 bridgehead atoms. The number of β-amino-alcohol motifs (C(OH)–C–C–N with tert-alkyl or cyclic N) is 1. The highest BCUT2D eigenvalue weighted by Crippen LogP contribution is 2.02. The largest absolute Gasteiger partial charge is 0.481 e. The molecule has 2 N–H and O–H groups in total. The Balaban J connectivity index is 2.45. The fourth-order valence-corrected chi connectivity index (χ4v) is 1.66. The molecule has 14 heavy (non-hydrogen) atoms. The molecule has 1 aliphatic heterocycles. The van der Waals surface area contributed by atoms with Gasteiger partial charge in [-0.1, -0.05) is 0 Å². The second-order valence-corrected chi connectivity index (χ2v) is 3.39. The molecular weight excluding hydrogens is 184 g/mol. The van der Waals surface area contributed by atoms with Crippen LogP contribution in [-0.4, -0.2) is 64.3 Å². The summed E-state index contributed by atoms with van der Waals surface area (Å²) in [5, 5.41) is 17.3. The predicted octanol–water partition coefficient (Wildman–Crippen LogP) is -0.800. The molecule has 0 saturated carbocycles. The van der Waals surface area contributed by atoms with Gasteiger partial charge in [0.25, 0.3) is 0 Å². The van der Waals surface area contributed by atoms with Crippen molar-refractivity contribution in [2.24, 2.45) is 0 Å². The van der Waals surface area contributed by atoms with Gasteiger partial charge in [-0.15, -0.1) is 0 Å². The Hall–Kier alpha value is -1.10. The van der Waals surface area contributed by atoms with Crippen LogP contribution in [0.4, 0.5) is 0 Å². The van der Waals surface area contributed by atoms with Crippen molar-refractivity contribution in [3.63, 3.8) is 0 Å². The second-order valence-electron chi connectivity index (χ2n) is 3.39. The minimum absolute atomic E-state index is 0.143. The van der Waals surface area contributed by atoms with E-state index in [1.165, 1.54) is 0 Å². The van der Waals surface area contributed by atoms with Gasteiger partial charge in [0.2, 0.25) is 5.84 Å². The Bertz CT molecular complexity index is 250. The van der Waals surface area contributed by atoms with Crippen LogP contribution in [0.5, 0.6) is 0 Å². The molecule has 0 saturated heterocycles. The van der Waals surface area contributed by atoms with Gasteiger partial charge in [-0.3, -0.25) is 14.3 Å². The topological polar surface area (TPSA) is 63.8 Å². The van der Waals surface area contributed by atoms with E-state index in [4.69, 9.17) is 10.2 Å². The van der Waals surface area contributed by atoms with Crippen molar-refractivity contribution >= 4 is 11.8 Å². The lowest BCUT2D eigenvalue weighted by molar-refractivity contribution is -0.520. The van der Waals surface area contributed by atoms with E-state index >= 15 is 0 Å². The maximum atomic E-state index is 10.4. The van der Waals surface area contributed by atoms with Crippen molar-refractivity contribution in [2.45, 2.75) is 13.3 Å². The Morgan fingerprint density at radius 2 is 2.36 bits per heavy atom. The summed E-state index contributed by atoms with van der Waals surface area (Å²) >= 11 is 0. The van der Waals surface area contributed by atoms with Gasteiger partial charge in [0, 0.05) is 6.92 Å². The number of amidine groups is 1. The summed E-state index contributed by atoms with van der Waals surface area (Å²) in [5.41, 5.74) is 0. The molecule has 0 amide bonds. The van der Waals surface area contributed by atoms with Gasteiger partial charge in [0.15, 0.2) is 0 Å². The van der Waals surface area contributed by atoms with Gasteiger partial charge in [0.05, 0.1) is 19.6 Å². The fourth-order valence-electron chi connectivity index (χ4n) is 1.66. The number of aliphatic hydroxyl groups is 1. The SMILES string of the molecule is CC1=[N+](CCO)CCN1CCC(=O)O. The monoisotopic (exact) mass is 201 g/mol. The highest BCUT2D eigenvalue weighted by molar-refractivity contribution is 5.76. The molecule has 0 unspecified atom stereocenters. The number of carboxylic acids is 1. The average Bonchev–Trinajstić information content (AvgIpc) is 2.46. The van der Waals surface area contributed by atoms with Gasteiger partial charge >= 0.3 is 5.97 Å². The molecule has 1 heterocycles. The Labute approximate surface area is 83.3 Å². The molecule has 0 atom stereocenters. The highest BCUT2D eigenvalue weighted by Gasteiger charge is 2.26. The summed E-state index contributed by atoms with van der Waals surface area (Å²) in [5.74, 6) is 0.304. The van der Waals surface area contributed by atoms with E-state index in [0.717, 1.165) is 18.9 Å². The first-order chi connectivity index (χ1) is 6.65. The molecule has 0 spiro atoms. The molecule has 80 valence electrons. The number of hydrogen-bond donors (Lipinski definition) is 2. The van der Waals surface area contributed by atoms with Crippen molar-refractivity contribution < 1.29 is 19.6 Å². The maximum absolute atomic E-state index is 10.4. The molecule has 0 radical (unpaired) electrons. The first-order valence-corrected chi connectivity index (χ1v) is 4.81. The van der Waals surface area contributed by atoms with Crippen LogP contribution in [0, 0.1) is 0 Å². The van der Waals surface area contributed by atoms with E-state index in [2.05, 4.69) is 4.58 Å². The average molecular weight is 201 g/mol. The van der Waals surface area contributed by atoms with Crippen LogP contribution < -0.4 is 0 Å². The van der Waals surface area contributed by atoms with Crippen LogP contribution >= 0.6 is 0 Å². The van der Waals surface area contributed by atoms with Gasteiger partial charge < -0.3 is 10.2 Å². The minimum atomic E-state index is -0.765. The molecule has 5 heteroatoms. The Morgan fingerprint density at radius 1 is 1.64 bits per heavy atom. The normalized spacial score (nSPS) is 16.6. The van der Waals surface area contributed by atoms with Crippen molar-refractivity contribution in [3.05, 3.63) is 0 Å². The van der Waals surface area contributed by atoms with Crippen molar-refractivity contribution in [2.75, 3.05) is 32.8 Å². The predicted molar refractivity (Wildman–Crippen MR) is 51.6 cm³/mol. The maximum Gasteiger partial charge on any atom is 0.307 e. The van der Waals surface area contributed by atoms with E-state index < -0.39 is 5.97 Å². The molecule has 0 aliphatic carbocycles. The van der Waals surface area contributed by atoms with Crippen LogP contribution in [0.15, 0.2) is 0 Å². The summed E-state index contributed by atoms with van der Waals surface area (Å²) in [6, 6.07) is 0. The summed E-state index contributed by atoms with van der Waals surface area (Å²) in [6.07, 6.45) is 0.171. The van der Waals surface area contributed by atoms with Gasteiger partial charge in [-0.2, -0.15) is 0 Å². The lowest BCUT2D eigenvalue weighted by atomic mass is 10.4. The van der Waals surface area contributed by atoms with E-state index in [9.17, 15) is 4.79 Å². The number of rotatable bonds is 5.